The highest BCUT2D eigenvalue weighted by Gasteiger charge is 2.15. The Morgan fingerprint density at radius 3 is 1.89 bits per heavy atom. The van der Waals surface area contributed by atoms with Crippen molar-refractivity contribution in [2.75, 3.05) is 7.11 Å². The molecule has 0 aromatic heterocycles. The second-order valence-corrected chi connectivity index (χ2v) is 3.10. The van der Waals surface area contributed by atoms with E-state index < -0.39 is 5.75 Å². The second-order valence-electron chi connectivity index (χ2n) is 2.74. The highest BCUT2D eigenvalue weighted by atomic mass is 35.5. The maximum Gasteiger partial charge on any atom is 0.237 e. The molecule has 3 heteroatoms. The molecule has 0 aliphatic carbocycles. The first-order chi connectivity index (χ1) is 3.95. The monoisotopic (exact) mass is 152 g/mol. The van der Waals surface area contributed by atoms with Gasteiger partial charge in [-0.05, 0) is 20.8 Å². The van der Waals surface area contributed by atoms with Crippen LogP contribution in [0.5, 0.6) is 0 Å². The van der Waals surface area contributed by atoms with Gasteiger partial charge >= 0.3 is 0 Å². The Hall–Kier alpha value is 0.210. The van der Waals surface area contributed by atoms with Crippen molar-refractivity contribution in [1.29, 1.82) is 0 Å². The first kappa shape index (κ1) is 9.21. The molecular formula is C6H13ClO2. The van der Waals surface area contributed by atoms with E-state index >= 15 is 0 Å². The SMILES string of the molecule is COC(Cl)OC(C)(C)C. The van der Waals surface area contributed by atoms with Crippen LogP contribution >= 0.6 is 11.6 Å². The average Bonchev–Trinajstić information content (AvgIpc) is 1.62. The first-order valence-corrected chi connectivity index (χ1v) is 3.24. The number of halogens is 1. The molecule has 0 aromatic rings. The third-order valence-corrected chi connectivity index (χ3v) is 0.899. The minimum Gasteiger partial charge on any atom is -0.343 e. The topological polar surface area (TPSA) is 18.5 Å². The Morgan fingerprint density at radius 1 is 1.33 bits per heavy atom. The summed E-state index contributed by atoms with van der Waals surface area (Å²) in [5.41, 5.74) is -0.234. The van der Waals surface area contributed by atoms with Gasteiger partial charge in [0.25, 0.3) is 0 Å². The lowest BCUT2D eigenvalue weighted by atomic mass is 10.2. The fraction of sp³-hybridized carbons (Fsp3) is 1.00. The summed E-state index contributed by atoms with van der Waals surface area (Å²) in [7, 11) is 1.50. The van der Waals surface area contributed by atoms with Crippen LogP contribution in [0.4, 0.5) is 0 Å². The largest absolute Gasteiger partial charge is 0.343 e. The summed E-state index contributed by atoms with van der Waals surface area (Å²) in [5.74, 6) is -0.634. The lowest BCUT2D eigenvalue weighted by Gasteiger charge is -2.21. The molecule has 0 saturated carbocycles. The van der Waals surface area contributed by atoms with Gasteiger partial charge in [-0.3, -0.25) is 0 Å². The van der Waals surface area contributed by atoms with E-state index in [0.29, 0.717) is 0 Å². The summed E-state index contributed by atoms with van der Waals surface area (Å²) in [6.07, 6.45) is 0. The molecule has 0 saturated heterocycles. The molecule has 0 N–H and O–H groups in total. The van der Waals surface area contributed by atoms with Crippen LogP contribution in [0.15, 0.2) is 0 Å². The Kier molecular flexibility index (Phi) is 3.48. The van der Waals surface area contributed by atoms with Gasteiger partial charge in [0, 0.05) is 7.11 Å². The summed E-state index contributed by atoms with van der Waals surface area (Å²) < 4.78 is 9.80. The van der Waals surface area contributed by atoms with Crippen molar-refractivity contribution in [1.82, 2.24) is 0 Å². The van der Waals surface area contributed by atoms with E-state index in [4.69, 9.17) is 16.3 Å². The lowest BCUT2D eigenvalue weighted by molar-refractivity contribution is -0.134. The first-order valence-electron chi connectivity index (χ1n) is 2.80. The van der Waals surface area contributed by atoms with Crippen molar-refractivity contribution in [2.24, 2.45) is 0 Å². The molecule has 0 aliphatic heterocycles. The van der Waals surface area contributed by atoms with Crippen LogP contribution in [0.2, 0.25) is 0 Å². The zero-order chi connectivity index (χ0) is 7.49. The van der Waals surface area contributed by atoms with Crippen LogP contribution in [0, 0.1) is 0 Å². The molecule has 0 bridgehead atoms. The normalized spacial score (nSPS) is 15.7. The quantitative estimate of drug-likeness (QED) is 0.445. The zero-order valence-electron chi connectivity index (χ0n) is 6.27. The van der Waals surface area contributed by atoms with Gasteiger partial charge in [-0.2, -0.15) is 0 Å². The lowest BCUT2D eigenvalue weighted by Crippen LogP contribution is -2.24. The van der Waals surface area contributed by atoms with Gasteiger partial charge in [0.2, 0.25) is 5.75 Å². The summed E-state index contributed by atoms with van der Waals surface area (Å²) in [5, 5.41) is 0. The van der Waals surface area contributed by atoms with E-state index in [2.05, 4.69) is 4.74 Å². The van der Waals surface area contributed by atoms with Gasteiger partial charge in [0.15, 0.2) is 0 Å². The molecule has 0 heterocycles. The molecule has 0 fully saturated rings. The minimum absolute atomic E-state index is 0.234. The summed E-state index contributed by atoms with van der Waals surface area (Å²) in [6, 6.07) is 0. The van der Waals surface area contributed by atoms with E-state index in [-0.39, 0.29) is 5.60 Å². The van der Waals surface area contributed by atoms with Crippen LogP contribution in [0.25, 0.3) is 0 Å². The molecule has 0 rings (SSSR count). The van der Waals surface area contributed by atoms with Crippen LogP contribution in [0.1, 0.15) is 20.8 Å². The second kappa shape index (κ2) is 3.40. The third-order valence-electron chi connectivity index (χ3n) is 0.632. The van der Waals surface area contributed by atoms with E-state index in [1.807, 2.05) is 20.8 Å². The highest BCUT2D eigenvalue weighted by molar-refractivity contribution is 6.18. The van der Waals surface area contributed by atoms with E-state index in [1.54, 1.807) is 0 Å². The Labute approximate surface area is 61.1 Å². The van der Waals surface area contributed by atoms with E-state index in [1.165, 1.54) is 7.11 Å². The summed E-state index contributed by atoms with van der Waals surface area (Å²) in [6.45, 7) is 5.75. The van der Waals surface area contributed by atoms with Gasteiger partial charge < -0.3 is 9.47 Å². The zero-order valence-corrected chi connectivity index (χ0v) is 7.03. The number of rotatable bonds is 2. The highest BCUT2D eigenvalue weighted by Crippen LogP contribution is 2.12. The molecule has 1 unspecified atom stereocenters. The number of hydrogen-bond acceptors (Lipinski definition) is 2. The fourth-order valence-corrected chi connectivity index (χ4v) is 0.593. The number of alkyl halides is 1. The van der Waals surface area contributed by atoms with Gasteiger partial charge in [-0.25, -0.2) is 0 Å². The molecule has 9 heavy (non-hydrogen) atoms. The molecule has 2 nitrogen and oxygen atoms in total. The standard InChI is InChI=1S/C6H13ClO2/c1-6(2,3)9-5(7)8-4/h5H,1-4H3. The molecule has 0 aliphatic rings. The van der Waals surface area contributed by atoms with Crippen molar-refractivity contribution < 1.29 is 9.47 Å². The molecule has 1 atom stereocenters. The molecule has 0 amide bonds. The van der Waals surface area contributed by atoms with Crippen molar-refractivity contribution in [3.05, 3.63) is 0 Å². The number of ether oxygens (including phenoxy) is 2. The minimum atomic E-state index is -0.634. The van der Waals surface area contributed by atoms with Crippen LogP contribution < -0.4 is 0 Å². The Balaban J connectivity index is 3.47. The Morgan fingerprint density at radius 2 is 1.78 bits per heavy atom. The predicted molar refractivity (Wildman–Crippen MR) is 37.5 cm³/mol. The maximum absolute atomic E-state index is 5.51. The van der Waals surface area contributed by atoms with Gasteiger partial charge in [-0.1, -0.05) is 11.6 Å². The van der Waals surface area contributed by atoms with Crippen LogP contribution in [-0.2, 0) is 9.47 Å². The van der Waals surface area contributed by atoms with Gasteiger partial charge in [-0.15, -0.1) is 0 Å². The summed E-state index contributed by atoms with van der Waals surface area (Å²) >= 11 is 5.51. The van der Waals surface area contributed by atoms with Crippen LogP contribution in [0.3, 0.4) is 0 Å². The predicted octanol–water partition coefficient (Wildman–Crippen LogP) is 1.97. The van der Waals surface area contributed by atoms with E-state index in [0.717, 1.165) is 0 Å². The van der Waals surface area contributed by atoms with Crippen molar-refractivity contribution in [3.8, 4) is 0 Å². The molecule has 56 valence electrons. The van der Waals surface area contributed by atoms with Crippen LogP contribution in [-0.4, -0.2) is 18.5 Å². The van der Waals surface area contributed by atoms with Crippen molar-refractivity contribution in [2.45, 2.75) is 32.1 Å². The number of methoxy groups -OCH3 is 1. The smallest absolute Gasteiger partial charge is 0.237 e. The molecule has 0 aromatic carbocycles. The van der Waals surface area contributed by atoms with Gasteiger partial charge in [0.05, 0.1) is 5.60 Å². The Bertz CT molecular complexity index is 77.6. The molecular weight excluding hydrogens is 140 g/mol. The van der Waals surface area contributed by atoms with E-state index in [9.17, 15) is 0 Å². The molecule has 0 radical (unpaired) electrons. The average molecular weight is 153 g/mol. The summed E-state index contributed by atoms with van der Waals surface area (Å²) in [4.78, 5) is 0. The fourth-order valence-electron chi connectivity index (χ4n) is 0.326. The maximum atomic E-state index is 5.51. The van der Waals surface area contributed by atoms with Crippen molar-refractivity contribution in [3.63, 3.8) is 0 Å². The third kappa shape index (κ3) is 6.09. The number of hydrogen-bond donors (Lipinski definition) is 0. The van der Waals surface area contributed by atoms with Gasteiger partial charge in [0.1, 0.15) is 0 Å². The van der Waals surface area contributed by atoms with Crippen molar-refractivity contribution >= 4 is 11.6 Å². The molecule has 0 spiro atoms.